The molecule has 0 aromatic heterocycles. The van der Waals surface area contributed by atoms with E-state index in [0.717, 1.165) is 25.0 Å². The number of hydrogen-bond donors (Lipinski definition) is 1. The fraction of sp³-hybridized carbons (Fsp3) is 0.381. The van der Waals surface area contributed by atoms with Gasteiger partial charge in [-0.1, -0.05) is 11.6 Å². The van der Waals surface area contributed by atoms with Gasteiger partial charge >= 0.3 is 0 Å². The zero-order valence-electron chi connectivity index (χ0n) is 16.1. The van der Waals surface area contributed by atoms with Crippen LogP contribution < -0.4 is 9.62 Å². The Balaban J connectivity index is 1.56. The van der Waals surface area contributed by atoms with Crippen molar-refractivity contribution >= 4 is 33.2 Å². The number of halogens is 1. The molecule has 2 aliphatic heterocycles. The molecular formula is C21H23ClN2O4S. The number of rotatable bonds is 5. The van der Waals surface area contributed by atoms with E-state index in [9.17, 15) is 13.2 Å². The number of carbonyl (C=O) groups excluding carboxylic acids is 1. The highest BCUT2D eigenvalue weighted by atomic mass is 35.5. The first-order valence-electron chi connectivity index (χ1n) is 9.69. The third kappa shape index (κ3) is 3.99. The van der Waals surface area contributed by atoms with Crippen LogP contribution in [0.4, 0.5) is 5.69 Å². The number of nitrogens with zero attached hydrogens (tertiary/aromatic N) is 1. The topological polar surface area (TPSA) is 75.7 Å². The highest BCUT2D eigenvalue weighted by Gasteiger charge is 2.36. The molecule has 1 N–H and O–H groups in total. The van der Waals surface area contributed by atoms with Crippen LogP contribution in [0.2, 0.25) is 5.02 Å². The van der Waals surface area contributed by atoms with Gasteiger partial charge in [0, 0.05) is 29.8 Å². The largest absolute Gasteiger partial charge is 0.376 e. The van der Waals surface area contributed by atoms with Crippen LogP contribution in [0.5, 0.6) is 0 Å². The average Bonchev–Trinajstić information content (AvgIpc) is 3.32. The second-order valence-electron chi connectivity index (χ2n) is 7.50. The number of amides is 1. The van der Waals surface area contributed by atoms with Gasteiger partial charge in [-0.05, 0) is 74.2 Å². The summed E-state index contributed by atoms with van der Waals surface area (Å²) in [6.07, 6.45) is 2.61. The van der Waals surface area contributed by atoms with Crippen LogP contribution in [0.25, 0.3) is 0 Å². The van der Waals surface area contributed by atoms with Crippen LogP contribution in [0.1, 0.15) is 35.7 Å². The minimum atomic E-state index is -3.71. The molecule has 0 saturated carbocycles. The smallest absolute Gasteiger partial charge is 0.264 e. The first-order chi connectivity index (χ1) is 13.9. The monoisotopic (exact) mass is 434 g/mol. The van der Waals surface area contributed by atoms with Crippen molar-refractivity contribution in [2.75, 3.05) is 17.5 Å². The lowest BCUT2D eigenvalue weighted by Crippen LogP contribution is -2.35. The van der Waals surface area contributed by atoms with Gasteiger partial charge in [0.2, 0.25) is 0 Å². The zero-order chi connectivity index (χ0) is 20.6. The summed E-state index contributed by atoms with van der Waals surface area (Å²) in [5.74, 6) is -0.171. The number of nitrogens with one attached hydrogen (secondary N) is 1. The van der Waals surface area contributed by atoms with Crippen molar-refractivity contribution in [2.45, 2.75) is 43.2 Å². The Morgan fingerprint density at radius 3 is 2.69 bits per heavy atom. The summed E-state index contributed by atoms with van der Waals surface area (Å²) in [7, 11) is -3.71. The first kappa shape index (κ1) is 20.2. The molecule has 2 atom stereocenters. The van der Waals surface area contributed by atoms with Crippen LogP contribution in [0.3, 0.4) is 0 Å². The van der Waals surface area contributed by atoms with Crippen molar-refractivity contribution in [2.24, 2.45) is 0 Å². The van der Waals surface area contributed by atoms with E-state index in [1.165, 1.54) is 16.4 Å². The van der Waals surface area contributed by atoms with Gasteiger partial charge in [-0.25, -0.2) is 8.42 Å². The van der Waals surface area contributed by atoms with Crippen molar-refractivity contribution in [3.05, 3.63) is 58.6 Å². The maximum atomic E-state index is 13.2. The maximum absolute atomic E-state index is 13.2. The van der Waals surface area contributed by atoms with Gasteiger partial charge in [0.1, 0.15) is 0 Å². The van der Waals surface area contributed by atoms with Crippen molar-refractivity contribution in [1.82, 2.24) is 5.32 Å². The fourth-order valence-corrected chi connectivity index (χ4v) is 5.76. The van der Waals surface area contributed by atoms with Gasteiger partial charge < -0.3 is 10.1 Å². The van der Waals surface area contributed by atoms with E-state index >= 15 is 0 Å². The number of carbonyl (C=O) groups is 1. The summed E-state index contributed by atoms with van der Waals surface area (Å²) in [6, 6.07) is 11.1. The highest BCUT2D eigenvalue weighted by Crippen LogP contribution is 2.37. The standard InChI is InChI=1S/C21H23ClN2O4S/c1-14-11-16-12-15(21(25)23-13-18-3-2-10-28-18)4-9-20(16)24(14)29(26,27)19-7-5-17(22)6-8-19/h4-9,12,14,18H,2-3,10-11,13H2,1H3,(H,23,25)/t14-,18-/m1/s1. The second-order valence-corrected chi connectivity index (χ2v) is 9.75. The lowest BCUT2D eigenvalue weighted by molar-refractivity contribution is 0.0857. The van der Waals surface area contributed by atoms with Gasteiger partial charge in [0.25, 0.3) is 15.9 Å². The summed E-state index contributed by atoms with van der Waals surface area (Å²) < 4.78 is 33.3. The molecular weight excluding hydrogens is 412 g/mol. The summed E-state index contributed by atoms with van der Waals surface area (Å²) in [6.45, 7) is 3.10. The minimum Gasteiger partial charge on any atom is -0.376 e. The molecule has 2 aliphatic rings. The predicted octanol–water partition coefficient (Wildman–Crippen LogP) is 3.39. The molecule has 2 heterocycles. The molecule has 2 aromatic carbocycles. The van der Waals surface area contributed by atoms with Crippen molar-refractivity contribution in [3.63, 3.8) is 0 Å². The number of fused-ring (bicyclic) bond motifs is 1. The highest BCUT2D eigenvalue weighted by molar-refractivity contribution is 7.92. The lowest BCUT2D eigenvalue weighted by Gasteiger charge is -2.24. The van der Waals surface area contributed by atoms with Crippen LogP contribution in [-0.4, -0.2) is 39.6 Å². The van der Waals surface area contributed by atoms with Crippen molar-refractivity contribution in [3.8, 4) is 0 Å². The number of ether oxygens (including phenoxy) is 1. The Labute approximate surface area is 175 Å². The molecule has 0 unspecified atom stereocenters. The Bertz CT molecular complexity index is 1020. The minimum absolute atomic E-state index is 0.0772. The molecule has 29 heavy (non-hydrogen) atoms. The second kappa shape index (κ2) is 7.97. The predicted molar refractivity (Wildman–Crippen MR) is 112 cm³/mol. The number of hydrogen-bond acceptors (Lipinski definition) is 4. The third-order valence-electron chi connectivity index (χ3n) is 5.38. The Hall–Kier alpha value is -2.09. The molecule has 1 amide bonds. The summed E-state index contributed by atoms with van der Waals surface area (Å²) in [5.41, 5.74) is 1.99. The quantitative estimate of drug-likeness (QED) is 0.782. The molecule has 154 valence electrons. The molecule has 1 fully saturated rings. The van der Waals surface area contributed by atoms with Gasteiger partial charge in [0.05, 0.1) is 16.7 Å². The van der Waals surface area contributed by atoms with Crippen LogP contribution in [0.15, 0.2) is 47.4 Å². The van der Waals surface area contributed by atoms with Crippen molar-refractivity contribution in [1.29, 1.82) is 0 Å². The van der Waals surface area contributed by atoms with Gasteiger partial charge in [0.15, 0.2) is 0 Å². The molecule has 4 rings (SSSR count). The van der Waals surface area contributed by atoms with E-state index in [2.05, 4.69) is 5.32 Å². The van der Waals surface area contributed by atoms with Crippen LogP contribution in [0, 0.1) is 0 Å². The molecule has 0 radical (unpaired) electrons. The molecule has 1 saturated heterocycles. The SMILES string of the molecule is C[C@@H]1Cc2cc(C(=O)NC[C@H]3CCCO3)ccc2N1S(=O)(=O)c1ccc(Cl)cc1. The molecule has 0 bridgehead atoms. The molecule has 8 heteroatoms. The first-order valence-corrected chi connectivity index (χ1v) is 11.5. The lowest BCUT2D eigenvalue weighted by atomic mass is 10.1. The Morgan fingerprint density at radius 1 is 1.24 bits per heavy atom. The summed E-state index contributed by atoms with van der Waals surface area (Å²) >= 11 is 5.89. The van der Waals surface area contributed by atoms with Gasteiger partial charge in [-0.2, -0.15) is 0 Å². The fourth-order valence-electron chi connectivity index (χ4n) is 3.94. The number of benzene rings is 2. The van der Waals surface area contributed by atoms with Gasteiger partial charge in [-0.15, -0.1) is 0 Å². The van der Waals surface area contributed by atoms with Crippen LogP contribution in [-0.2, 0) is 21.2 Å². The van der Waals surface area contributed by atoms with E-state index in [4.69, 9.17) is 16.3 Å². The normalized spacial score (nSPS) is 21.2. The zero-order valence-corrected chi connectivity index (χ0v) is 17.7. The molecule has 2 aromatic rings. The average molecular weight is 435 g/mol. The summed E-state index contributed by atoms with van der Waals surface area (Å²) in [5, 5.41) is 3.39. The van der Waals surface area contributed by atoms with Gasteiger partial charge in [-0.3, -0.25) is 9.10 Å². The third-order valence-corrected chi connectivity index (χ3v) is 7.57. The number of sulfonamides is 1. The van der Waals surface area contributed by atoms with E-state index in [1.807, 2.05) is 6.92 Å². The van der Waals surface area contributed by atoms with E-state index in [1.54, 1.807) is 30.3 Å². The summed E-state index contributed by atoms with van der Waals surface area (Å²) in [4.78, 5) is 12.7. The maximum Gasteiger partial charge on any atom is 0.264 e. The number of anilines is 1. The Morgan fingerprint density at radius 2 is 2.00 bits per heavy atom. The molecule has 0 spiro atoms. The van der Waals surface area contributed by atoms with Crippen molar-refractivity contribution < 1.29 is 17.9 Å². The molecule has 6 nitrogen and oxygen atoms in total. The van der Waals surface area contributed by atoms with E-state index in [0.29, 0.717) is 29.2 Å². The molecule has 0 aliphatic carbocycles. The van der Waals surface area contributed by atoms with Crippen LogP contribution >= 0.6 is 11.6 Å². The van der Waals surface area contributed by atoms with E-state index < -0.39 is 10.0 Å². The van der Waals surface area contributed by atoms with E-state index in [-0.39, 0.29) is 22.9 Å². The Kier molecular flexibility index (Phi) is 5.55.